The summed E-state index contributed by atoms with van der Waals surface area (Å²) in [6.45, 7) is 3.31. The Labute approximate surface area is 163 Å². The highest BCUT2D eigenvalue weighted by molar-refractivity contribution is 5.88. The summed E-state index contributed by atoms with van der Waals surface area (Å²) in [6, 6.07) is 12.5. The van der Waals surface area contributed by atoms with E-state index in [-0.39, 0.29) is 11.7 Å². The summed E-state index contributed by atoms with van der Waals surface area (Å²) in [4.78, 5) is 17.9. The maximum absolute atomic E-state index is 13.8. The maximum Gasteiger partial charge on any atom is 0.231 e. The average Bonchev–Trinajstić information content (AvgIpc) is 3.01. The highest BCUT2D eigenvalue weighted by Crippen LogP contribution is 2.35. The minimum Gasteiger partial charge on any atom is -0.381 e. The maximum atomic E-state index is 13.8. The van der Waals surface area contributed by atoms with Crippen LogP contribution in [0.15, 0.2) is 42.5 Å². The standard InChI is InChI=1S/C22H24FN3O2/c1-15-6-7-19-18(12-15)25-20(26(19)2)14-24-21(27)22(8-10-28-11-9-22)16-4-3-5-17(23)13-16/h3-7,12-13H,8-11,14H2,1-2H3,(H,24,27). The third kappa shape index (κ3) is 3.29. The molecule has 146 valence electrons. The van der Waals surface area contributed by atoms with Gasteiger partial charge in [-0.3, -0.25) is 4.79 Å². The molecule has 1 amide bonds. The fourth-order valence-electron chi connectivity index (χ4n) is 4.00. The van der Waals surface area contributed by atoms with Crippen LogP contribution in [-0.4, -0.2) is 28.7 Å². The van der Waals surface area contributed by atoms with Crippen molar-refractivity contribution in [2.75, 3.05) is 13.2 Å². The second kappa shape index (κ2) is 7.36. The van der Waals surface area contributed by atoms with Crippen molar-refractivity contribution < 1.29 is 13.9 Å². The fourth-order valence-corrected chi connectivity index (χ4v) is 4.00. The van der Waals surface area contributed by atoms with Crippen LogP contribution in [-0.2, 0) is 28.5 Å². The van der Waals surface area contributed by atoms with E-state index in [2.05, 4.69) is 10.3 Å². The van der Waals surface area contributed by atoms with Gasteiger partial charge in [-0.15, -0.1) is 0 Å². The Morgan fingerprint density at radius 3 is 2.79 bits per heavy atom. The zero-order valence-electron chi connectivity index (χ0n) is 16.2. The number of ether oxygens (including phenoxy) is 1. The first kappa shape index (κ1) is 18.6. The topological polar surface area (TPSA) is 56.1 Å². The van der Waals surface area contributed by atoms with Gasteiger partial charge in [-0.05, 0) is 55.2 Å². The van der Waals surface area contributed by atoms with E-state index in [1.54, 1.807) is 6.07 Å². The number of amides is 1. The van der Waals surface area contributed by atoms with Crippen molar-refractivity contribution in [3.63, 3.8) is 0 Å². The van der Waals surface area contributed by atoms with E-state index in [0.29, 0.717) is 38.2 Å². The lowest BCUT2D eigenvalue weighted by atomic mass is 9.73. The second-order valence-electron chi connectivity index (χ2n) is 7.47. The van der Waals surface area contributed by atoms with E-state index < -0.39 is 5.41 Å². The first-order valence-electron chi connectivity index (χ1n) is 9.54. The summed E-state index contributed by atoms with van der Waals surface area (Å²) in [5.41, 5.74) is 3.02. The van der Waals surface area contributed by atoms with Gasteiger partial charge in [0, 0.05) is 20.3 Å². The summed E-state index contributed by atoms with van der Waals surface area (Å²) in [7, 11) is 1.95. The predicted molar refractivity (Wildman–Crippen MR) is 105 cm³/mol. The number of nitrogens with one attached hydrogen (secondary N) is 1. The van der Waals surface area contributed by atoms with Crippen molar-refractivity contribution in [1.82, 2.24) is 14.9 Å². The Kier molecular flexibility index (Phi) is 4.89. The predicted octanol–water partition coefficient (Wildman–Crippen LogP) is 3.39. The number of carbonyl (C=O) groups excluding carboxylic acids is 1. The fraction of sp³-hybridized carbons (Fsp3) is 0.364. The van der Waals surface area contributed by atoms with Crippen molar-refractivity contribution in [2.24, 2.45) is 7.05 Å². The molecule has 1 fully saturated rings. The number of hydrogen-bond acceptors (Lipinski definition) is 3. The molecule has 1 N–H and O–H groups in total. The molecule has 0 spiro atoms. The average molecular weight is 381 g/mol. The van der Waals surface area contributed by atoms with E-state index in [4.69, 9.17) is 4.74 Å². The first-order valence-corrected chi connectivity index (χ1v) is 9.54. The van der Waals surface area contributed by atoms with Crippen LogP contribution in [0.3, 0.4) is 0 Å². The lowest BCUT2D eigenvalue weighted by Gasteiger charge is -2.36. The Bertz CT molecular complexity index is 1020. The SMILES string of the molecule is Cc1ccc2c(c1)nc(CNC(=O)C1(c3cccc(F)c3)CCOCC1)n2C. The highest BCUT2D eigenvalue weighted by atomic mass is 19.1. The van der Waals surface area contributed by atoms with Crippen molar-refractivity contribution >= 4 is 16.9 Å². The summed E-state index contributed by atoms with van der Waals surface area (Å²) in [5.74, 6) is 0.349. The van der Waals surface area contributed by atoms with Crippen LogP contribution in [0.2, 0.25) is 0 Å². The zero-order valence-corrected chi connectivity index (χ0v) is 16.2. The van der Waals surface area contributed by atoms with Crippen LogP contribution < -0.4 is 5.32 Å². The van der Waals surface area contributed by atoms with Gasteiger partial charge >= 0.3 is 0 Å². The third-order valence-corrected chi connectivity index (χ3v) is 5.69. The molecule has 1 aromatic heterocycles. The molecule has 2 aromatic carbocycles. The summed E-state index contributed by atoms with van der Waals surface area (Å²) in [5, 5.41) is 3.04. The molecule has 0 bridgehead atoms. The number of halogens is 1. The minimum atomic E-state index is -0.776. The van der Waals surface area contributed by atoms with E-state index in [0.717, 1.165) is 22.4 Å². The normalized spacial score (nSPS) is 16.2. The van der Waals surface area contributed by atoms with Crippen LogP contribution in [0, 0.1) is 12.7 Å². The smallest absolute Gasteiger partial charge is 0.231 e. The molecular weight excluding hydrogens is 357 g/mol. The summed E-state index contributed by atoms with van der Waals surface area (Å²) < 4.78 is 21.3. The molecule has 1 aliphatic heterocycles. The second-order valence-corrected chi connectivity index (χ2v) is 7.47. The molecule has 4 rings (SSSR count). The van der Waals surface area contributed by atoms with Gasteiger partial charge < -0.3 is 14.6 Å². The van der Waals surface area contributed by atoms with Gasteiger partial charge in [0.2, 0.25) is 5.91 Å². The zero-order chi connectivity index (χ0) is 19.7. The largest absolute Gasteiger partial charge is 0.381 e. The number of fused-ring (bicyclic) bond motifs is 1. The molecular formula is C22H24FN3O2. The number of aromatic nitrogens is 2. The number of benzene rings is 2. The summed E-state index contributed by atoms with van der Waals surface area (Å²) in [6.07, 6.45) is 1.06. The molecule has 0 saturated carbocycles. The molecule has 28 heavy (non-hydrogen) atoms. The number of imidazole rings is 1. The molecule has 0 aliphatic carbocycles. The molecule has 0 unspecified atom stereocenters. The van der Waals surface area contributed by atoms with Gasteiger partial charge in [0.1, 0.15) is 11.6 Å². The quantitative estimate of drug-likeness (QED) is 0.754. The monoisotopic (exact) mass is 381 g/mol. The molecule has 0 atom stereocenters. The molecule has 5 nitrogen and oxygen atoms in total. The van der Waals surface area contributed by atoms with Gasteiger partial charge in [-0.25, -0.2) is 9.37 Å². The van der Waals surface area contributed by atoms with Gasteiger partial charge in [0.15, 0.2) is 0 Å². The Balaban J connectivity index is 1.59. The van der Waals surface area contributed by atoms with Gasteiger partial charge in [0.25, 0.3) is 0 Å². The van der Waals surface area contributed by atoms with Crippen molar-refractivity contribution in [3.8, 4) is 0 Å². The number of nitrogens with zero attached hydrogens (tertiary/aromatic N) is 2. The van der Waals surface area contributed by atoms with E-state index >= 15 is 0 Å². The van der Waals surface area contributed by atoms with Crippen molar-refractivity contribution in [2.45, 2.75) is 31.7 Å². The molecule has 0 radical (unpaired) electrons. The molecule has 6 heteroatoms. The van der Waals surface area contributed by atoms with E-state index in [1.807, 2.05) is 42.8 Å². The van der Waals surface area contributed by atoms with E-state index in [9.17, 15) is 9.18 Å². The lowest BCUT2D eigenvalue weighted by molar-refractivity contribution is -0.130. The Hall–Kier alpha value is -2.73. The van der Waals surface area contributed by atoms with Gasteiger partial charge in [0.05, 0.1) is 23.0 Å². The third-order valence-electron chi connectivity index (χ3n) is 5.69. The summed E-state index contributed by atoms with van der Waals surface area (Å²) >= 11 is 0. The molecule has 3 aromatic rings. The van der Waals surface area contributed by atoms with Crippen LogP contribution in [0.4, 0.5) is 4.39 Å². The number of carbonyl (C=O) groups is 1. The van der Waals surface area contributed by atoms with Crippen molar-refractivity contribution in [3.05, 3.63) is 65.2 Å². The lowest BCUT2D eigenvalue weighted by Crippen LogP contribution is -2.48. The van der Waals surface area contributed by atoms with Crippen LogP contribution in [0.5, 0.6) is 0 Å². The van der Waals surface area contributed by atoms with Gasteiger partial charge in [-0.2, -0.15) is 0 Å². The Morgan fingerprint density at radius 1 is 1.25 bits per heavy atom. The van der Waals surface area contributed by atoms with Crippen LogP contribution in [0.25, 0.3) is 11.0 Å². The van der Waals surface area contributed by atoms with E-state index in [1.165, 1.54) is 12.1 Å². The van der Waals surface area contributed by atoms with Gasteiger partial charge in [-0.1, -0.05) is 18.2 Å². The number of rotatable bonds is 4. The van der Waals surface area contributed by atoms with Crippen LogP contribution in [0.1, 0.15) is 29.8 Å². The number of hydrogen-bond donors (Lipinski definition) is 1. The van der Waals surface area contributed by atoms with Crippen LogP contribution >= 0.6 is 0 Å². The minimum absolute atomic E-state index is 0.107. The van der Waals surface area contributed by atoms with Crippen molar-refractivity contribution in [1.29, 1.82) is 0 Å². The first-order chi connectivity index (χ1) is 13.5. The molecule has 1 aliphatic rings. The molecule has 1 saturated heterocycles. The Morgan fingerprint density at radius 2 is 2.04 bits per heavy atom. The highest BCUT2D eigenvalue weighted by Gasteiger charge is 2.41. The molecule has 2 heterocycles. The number of aryl methyl sites for hydroxylation is 2.